The molecule has 84 valence electrons. The van der Waals surface area contributed by atoms with Crippen LogP contribution >= 0.6 is 11.6 Å². The highest BCUT2D eigenvalue weighted by Gasteiger charge is 2.31. The molecule has 16 heavy (non-hydrogen) atoms. The maximum absolute atomic E-state index is 9.93. The van der Waals surface area contributed by atoms with Crippen LogP contribution in [0.2, 0.25) is 0 Å². The van der Waals surface area contributed by atoms with E-state index < -0.39 is 5.06 Å². The van der Waals surface area contributed by atoms with Crippen molar-refractivity contribution in [1.29, 1.82) is 0 Å². The van der Waals surface area contributed by atoms with Crippen LogP contribution in [0.1, 0.15) is 5.56 Å². The Kier molecular flexibility index (Phi) is 3.03. The van der Waals surface area contributed by atoms with Crippen molar-refractivity contribution in [3.05, 3.63) is 54.1 Å². The Balaban J connectivity index is 2.19. The molecule has 2 unspecified atom stereocenters. The summed E-state index contributed by atoms with van der Waals surface area (Å²) in [6.07, 6.45) is 7.47. The van der Waals surface area contributed by atoms with E-state index >= 15 is 0 Å². The van der Waals surface area contributed by atoms with E-state index in [1.54, 1.807) is 24.3 Å². The number of aromatic hydroxyl groups is 1. The van der Waals surface area contributed by atoms with Gasteiger partial charge in [0.15, 0.2) is 5.06 Å². The fourth-order valence-electron chi connectivity index (χ4n) is 1.78. The summed E-state index contributed by atoms with van der Waals surface area (Å²) >= 11 is 5.98. The van der Waals surface area contributed by atoms with Crippen molar-refractivity contribution in [2.45, 2.75) is 11.5 Å². The summed E-state index contributed by atoms with van der Waals surface area (Å²) in [5.41, 5.74) is 0.784. The van der Waals surface area contributed by atoms with E-state index in [2.05, 4.69) is 0 Å². The summed E-state index contributed by atoms with van der Waals surface area (Å²) in [6.45, 7) is 0. The molecule has 2 atom stereocenters. The van der Waals surface area contributed by atoms with Crippen LogP contribution in [0.3, 0.4) is 0 Å². The monoisotopic (exact) mass is 236 g/mol. The van der Waals surface area contributed by atoms with Gasteiger partial charge in [0.25, 0.3) is 0 Å². The van der Waals surface area contributed by atoms with E-state index in [-0.39, 0.29) is 11.7 Å². The Hall–Kier alpha value is -1.25. The Bertz CT molecular complexity index is 435. The molecule has 0 spiro atoms. The van der Waals surface area contributed by atoms with Crippen molar-refractivity contribution in [3.63, 3.8) is 0 Å². The first-order valence-corrected chi connectivity index (χ1v) is 5.51. The molecule has 1 aromatic rings. The van der Waals surface area contributed by atoms with E-state index in [1.165, 1.54) is 0 Å². The molecule has 0 bridgehead atoms. The second-order valence-electron chi connectivity index (χ2n) is 3.91. The molecule has 2 N–H and O–H groups in total. The van der Waals surface area contributed by atoms with Crippen LogP contribution in [-0.4, -0.2) is 15.3 Å². The zero-order valence-corrected chi connectivity index (χ0v) is 9.43. The van der Waals surface area contributed by atoms with E-state index in [4.69, 9.17) is 11.6 Å². The van der Waals surface area contributed by atoms with E-state index in [0.29, 0.717) is 6.42 Å². The highest BCUT2D eigenvalue weighted by molar-refractivity contribution is 6.24. The number of aliphatic hydroxyl groups is 1. The second kappa shape index (κ2) is 4.32. The maximum atomic E-state index is 9.93. The first kappa shape index (κ1) is 11.2. The number of benzene rings is 1. The molecule has 1 aliphatic rings. The highest BCUT2D eigenvalue weighted by Crippen LogP contribution is 2.33. The summed E-state index contributed by atoms with van der Waals surface area (Å²) in [5, 5.41) is 18.2. The number of halogens is 1. The van der Waals surface area contributed by atoms with Gasteiger partial charge in [-0.15, -0.1) is 0 Å². The molecular formula is C13H13ClO2. The van der Waals surface area contributed by atoms with Crippen LogP contribution in [0, 0.1) is 5.92 Å². The molecule has 0 aliphatic heterocycles. The molecular weight excluding hydrogens is 224 g/mol. The van der Waals surface area contributed by atoms with E-state index in [1.807, 2.05) is 24.3 Å². The number of phenolic OH excluding ortho intramolecular Hbond substituents is 1. The largest absolute Gasteiger partial charge is 0.508 e. The summed E-state index contributed by atoms with van der Waals surface area (Å²) < 4.78 is 0. The fraction of sp³-hybridized carbons (Fsp3) is 0.231. The zero-order valence-electron chi connectivity index (χ0n) is 8.68. The molecule has 2 nitrogen and oxygen atoms in total. The summed E-state index contributed by atoms with van der Waals surface area (Å²) in [6, 6.07) is 7.08. The molecule has 1 aromatic carbocycles. The molecule has 0 aromatic heterocycles. The lowest BCUT2D eigenvalue weighted by Gasteiger charge is -2.27. The zero-order chi connectivity index (χ0) is 11.6. The van der Waals surface area contributed by atoms with E-state index in [9.17, 15) is 10.2 Å². The normalized spacial score (nSPS) is 28.2. The second-order valence-corrected chi connectivity index (χ2v) is 4.52. The van der Waals surface area contributed by atoms with Gasteiger partial charge in [-0.2, -0.15) is 0 Å². The summed E-state index contributed by atoms with van der Waals surface area (Å²) in [5.74, 6) is 0.00499. The number of hydrogen-bond acceptors (Lipinski definition) is 2. The van der Waals surface area contributed by atoms with Crippen LogP contribution in [0.25, 0.3) is 0 Å². The van der Waals surface area contributed by atoms with Gasteiger partial charge in [0.2, 0.25) is 0 Å². The molecule has 0 heterocycles. The number of hydrogen-bond donors (Lipinski definition) is 2. The molecule has 0 amide bonds. The van der Waals surface area contributed by atoms with Crippen molar-refractivity contribution in [3.8, 4) is 5.75 Å². The molecule has 3 heteroatoms. The number of rotatable bonds is 2. The lowest BCUT2D eigenvalue weighted by Crippen LogP contribution is -2.31. The minimum Gasteiger partial charge on any atom is -0.508 e. The smallest absolute Gasteiger partial charge is 0.164 e. The van der Waals surface area contributed by atoms with Gasteiger partial charge in [-0.05, 0) is 24.1 Å². The molecule has 2 rings (SSSR count). The van der Waals surface area contributed by atoms with Crippen molar-refractivity contribution in [1.82, 2.24) is 0 Å². The lowest BCUT2D eigenvalue weighted by molar-refractivity contribution is 0.131. The minimum absolute atomic E-state index is 0.229. The molecule has 0 saturated carbocycles. The molecule has 1 aliphatic carbocycles. The number of phenols is 1. The first-order chi connectivity index (χ1) is 7.59. The van der Waals surface area contributed by atoms with E-state index in [0.717, 1.165) is 5.56 Å². The van der Waals surface area contributed by atoms with Gasteiger partial charge >= 0.3 is 0 Å². The lowest BCUT2D eigenvalue weighted by atomic mass is 9.90. The SMILES string of the molecule is Oc1ccccc1CC1C=CC=CC1(O)Cl. The Morgan fingerprint density at radius 3 is 2.69 bits per heavy atom. The van der Waals surface area contributed by atoms with Crippen LogP contribution in [0.15, 0.2) is 48.6 Å². The van der Waals surface area contributed by atoms with Gasteiger partial charge in [0, 0.05) is 5.92 Å². The van der Waals surface area contributed by atoms with Crippen LogP contribution in [-0.2, 0) is 6.42 Å². The Labute approximate surface area is 99.5 Å². The van der Waals surface area contributed by atoms with Crippen LogP contribution < -0.4 is 0 Å². The predicted octanol–water partition coefficient (Wildman–Crippen LogP) is 2.60. The van der Waals surface area contributed by atoms with Crippen LogP contribution in [0.5, 0.6) is 5.75 Å². The first-order valence-electron chi connectivity index (χ1n) is 5.14. The Morgan fingerprint density at radius 2 is 2.00 bits per heavy atom. The topological polar surface area (TPSA) is 40.5 Å². The van der Waals surface area contributed by atoms with Gasteiger partial charge in [-0.25, -0.2) is 0 Å². The maximum Gasteiger partial charge on any atom is 0.164 e. The quantitative estimate of drug-likeness (QED) is 0.775. The third-order valence-electron chi connectivity index (χ3n) is 2.74. The predicted molar refractivity (Wildman–Crippen MR) is 64.4 cm³/mol. The van der Waals surface area contributed by atoms with Crippen LogP contribution in [0.4, 0.5) is 0 Å². The molecule has 0 radical (unpaired) electrons. The van der Waals surface area contributed by atoms with Gasteiger partial charge in [0.1, 0.15) is 5.75 Å². The third kappa shape index (κ3) is 2.29. The fourth-order valence-corrected chi connectivity index (χ4v) is 2.00. The third-order valence-corrected chi connectivity index (χ3v) is 3.14. The highest BCUT2D eigenvalue weighted by atomic mass is 35.5. The summed E-state index contributed by atoms with van der Waals surface area (Å²) in [7, 11) is 0. The molecule has 0 fully saturated rings. The van der Waals surface area contributed by atoms with Gasteiger partial charge in [0.05, 0.1) is 0 Å². The van der Waals surface area contributed by atoms with Crippen molar-refractivity contribution in [2.24, 2.45) is 5.92 Å². The van der Waals surface area contributed by atoms with Crippen molar-refractivity contribution in [2.75, 3.05) is 0 Å². The van der Waals surface area contributed by atoms with Gasteiger partial charge in [-0.3, -0.25) is 0 Å². The number of allylic oxidation sites excluding steroid dienone is 2. The Morgan fingerprint density at radius 1 is 1.25 bits per heavy atom. The minimum atomic E-state index is -1.36. The number of alkyl halides is 1. The van der Waals surface area contributed by atoms with Gasteiger partial charge < -0.3 is 10.2 Å². The standard InChI is InChI=1S/C13H13ClO2/c14-13(16)8-4-3-6-11(13)9-10-5-1-2-7-12(10)15/h1-8,11,15-16H,9H2. The van der Waals surface area contributed by atoms with Crippen molar-refractivity contribution < 1.29 is 10.2 Å². The molecule has 0 saturated heterocycles. The summed E-state index contributed by atoms with van der Waals surface area (Å²) in [4.78, 5) is 0. The number of para-hydroxylation sites is 1. The van der Waals surface area contributed by atoms with Crippen molar-refractivity contribution >= 4 is 11.6 Å². The van der Waals surface area contributed by atoms with Gasteiger partial charge in [-0.1, -0.05) is 48.0 Å². The average molecular weight is 237 g/mol. The average Bonchev–Trinajstić information content (AvgIpc) is 2.24.